The van der Waals surface area contributed by atoms with Crippen LogP contribution in [0.2, 0.25) is 0 Å². The molecule has 1 aromatic carbocycles. The third-order valence-corrected chi connectivity index (χ3v) is 5.66. The molecule has 0 bridgehead atoms. The Morgan fingerprint density at radius 1 is 1.07 bits per heavy atom. The van der Waals surface area contributed by atoms with Gasteiger partial charge in [-0.1, -0.05) is 102 Å². The predicted molar refractivity (Wildman–Crippen MR) is 121 cm³/mol. The highest BCUT2D eigenvalue weighted by Crippen LogP contribution is 2.31. The van der Waals surface area contributed by atoms with Crippen LogP contribution in [-0.4, -0.2) is 24.8 Å². The molecule has 0 N–H and O–H groups in total. The van der Waals surface area contributed by atoms with Gasteiger partial charge in [-0.2, -0.15) is 0 Å². The smallest absolute Gasteiger partial charge is 0.342 e. The summed E-state index contributed by atoms with van der Waals surface area (Å²) >= 11 is 0. The Morgan fingerprint density at radius 3 is 2.45 bits per heavy atom. The molecule has 0 saturated heterocycles. The molecule has 3 heteroatoms. The molecule has 3 nitrogen and oxygen atoms in total. The zero-order valence-corrected chi connectivity index (χ0v) is 18.5. The van der Waals surface area contributed by atoms with Gasteiger partial charge in [0.2, 0.25) is 0 Å². The molecule has 2 rings (SSSR count). The molecule has 0 spiro atoms. The van der Waals surface area contributed by atoms with Crippen molar-refractivity contribution in [3.05, 3.63) is 54.1 Å². The minimum Gasteiger partial charge on any atom is -0.463 e. The molecular formula is C26H38O3. The first kappa shape index (κ1) is 23.4. The number of hydrogen-bond acceptors (Lipinski definition) is 3. The van der Waals surface area contributed by atoms with Gasteiger partial charge in [0, 0.05) is 13.0 Å². The van der Waals surface area contributed by atoms with Crippen molar-refractivity contribution in [1.29, 1.82) is 0 Å². The summed E-state index contributed by atoms with van der Waals surface area (Å²) in [5, 5.41) is 0. The Morgan fingerprint density at radius 2 is 1.79 bits per heavy atom. The van der Waals surface area contributed by atoms with Crippen molar-refractivity contribution in [2.24, 2.45) is 5.92 Å². The first-order valence-electron chi connectivity index (χ1n) is 11.4. The fraction of sp³-hybridized carbons (Fsp3) is 0.577. The standard InChI is InChI=1S/C26H38O3/c1-4-6-7-8-9-13-20-29-26(25(27)28-21-22(3)5-2)18-16-24(17-19-26)23-14-11-10-12-15-23/h10-12,14-18,22H,4-9,13,19-21H2,1-3H3. The van der Waals surface area contributed by atoms with E-state index in [1.165, 1.54) is 25.7 Å². The van der Waals surface area contributed by atoms with Crippen LogP contribution >= 0.6 is 0 Å². The molecule has 0 saturated carbocycles. The number of esters is 1. The van der Waals surface area contributed by atoms with Crippen molar-refractivity contribution in [2.45, 2.75) is 77.7 Å². The summed E-state index contributed by atoms with van der Waals surface area (Å²) in [5.74, 6) is 0.0981. The lowest BCUT2D eigenvalue weighted by molar-refractivity contribution is -0.167. The van der Waals surface area contributed by atoms with Crippen LogP contribution in [0.4, 0.5) is 0 Å². The van der Waals surface area contributed by atoms with Crippen molar-refractivity contribution < 1.29 is 14.3 Å². The molecule has 160 valence electrons. The summed E-state index contributed by atoms with van der Waals surface area (Å²) in [4.78, 5) is 13.0. The highest BCUT2D eigenvalue weighted by Gasteiger charge is 2.39. The predicted octanol–water partition coefficient (Wildman–Crippen LogP) is 6.74. The van der Waals surface area contributed by atoms with E-state index in [1.807, 2.05) is 30.4 Å². The highest BCUT2D eigenvalue weighted by atomic mass is 16.6. The van der Waals surface area contributed by atoms with E-state index in [-0.39, 0.29) is 5.97 Å². The first-order valence-corrected chi connectivity index (χ1v) is 11.4. The van der Waals surface area contributed by atoms with E-state index >= 15 is 0 Å². The van der Waals surface area contributed by atoms with Crippen LogP contribution in [0.3, 0.4) is 0 Å². The molecule has 0 aliphatic heterocycles. The van der Waals surface area contributed by atoms with E-state index in [9.17, 15) is 4.79 Å². The number of unbranched alkanes of at least 4 members (excludes halogenated alkanes) is 5. The van der Waals surface area contributed by atoms with E-state index in [1.54, 1.807) is 0 Å². The zero-order valence-electron chi connectivity index (χ0n) is 18.5. The third-order valence-electron chi connectivity index (χ3n) is 5.66. The lowest BCUT2D eigenvalue weighted by atomic mass is 9.89. The van der Waals surface area contributed by atoms with E-state index in [0.29, 0.717) is 25.6 Å². The summed E-state index contributed by atoms with van der Waals surface area (Å²) in [6, 6.07) is 10.2. The molecule has 0 fully saturated rings. The van der Waals surface area contributed by atoms with Crippen molar-refractivity contribution in [2.75, 3.05) is 13.2 Å². The van der Waals surface area contributed by atoms with Gasteiger partial charge in [0.25, 0.3) is 0 Å². The Labute approximate surface area is 177 Å². The Balaban J connectivity index is 1.98. The van der Waals surface area contributed by atoms with Gasteiger partial charge < -0.3 is 9.47 Å². The fourth-order valence-corrected chi connectivity index (χ4v) is 3.38. The number of rotatable bonds is 13. The molecule has 0 amide bonds. The van der Waals surface area contributed by atoms with Crippen LogP contribution in [0.25, 0.3) is 5.57 Å². The number of carbonyl (C=O) groups excluding carboxylic acids is 1. The lowest BCUT2D eigenvalue weighted by Gasteiger charge is -2.31. The summed E-state index contributed by atoms with van der Waals surface area (Å²) in [7, 11) is 0. The van der Waals surface area contributed by atoms with Gasteiger partial charge in [0.05, 0.1) is 6.61 Å². The second kappa shape index (κ2) is 12.6. The van der Waals surface area contributed by atoms with Crippen LogP contribution < -0.4 is 0 Å². The molecule has 1 aliphatic rings. The van der Waals surface area contributed by atoms with Gasteiger partial charge in [-0.3, -0.25) is 0 Å². The number of benzene rings is 1. The normalized spacial score (nSPS) is 19.6. The van der Waals surface area contributed by atoms with E-state index < -0.39 is 5.60 Å². The minimum absolute atomic E-state index is 0.261. The van der Waals surface area contributed by atoms with Gasteiger partial charge >= 0.3 is 5.97 Å². The molecule has 0 aromatic heterocycles. The maximum Gasteiger partial charge on any atom is 0.342 e. The van der Waals surface area contributed by atoms with Gasteiger partial charge in [0.15, 0.2) is 5.60 Å². The Kier molecular flexibility index (Phi) is 10.2. The maximum absolute atomic E-state index is 13.0. The van der Waals surface area contributed by atoms with Crippen molar-refractivity contribution in [1.82, 2.24) is 0 Å². The largest absolute Gasteiger partial charge is 0.463 e. The molecule has 2 unspecified atom stereocenters. The van der Waals surface area contributed by atoms with E-state index in [4.69, 9.17) is 9.47 Å². The maximum atomic E-state index is 13.0. The zero-order chi connectivity index (χ0) is 21.0. The average molecular weight is 399 g/mol. The highest BCUT2D eigenvalue weighted by molar-refractivity contribution is 5.86. The molecule has 0 radical (unpaired) electrons. The second-order valence-electron chi connectivity index (χ2n) is 8.18. The summed E-state index contributed by atoms with van der Waals surface area (Å²) in [6.07, 6.45) is 14.7. The fourth-order valence-electron chi connectivity index (χ4n) is 3.38. The number of hydrogen-bond donors (Lipinski definition) is 0. The summed E-state index contributed by atoms with van der Waals surface area (Å²) in [6.45, 7) is 7.47. The van der Waals surface area contributed by atoms with Crippen LogP contribution in [0.1, 0.15) is 77.7 Å². The second-order valence-corrected chi connectivity index (χ2v) is 8.18. The summed E-state index contributed by atoms with van der Waals surface area (Å²) in [5.41, 5.74) is 1.29. The SMILES string of the molecule is CCCCCCCCOC1(C(=O)OCC(C)CC)C=CC(c2ccccc2)=CC1. The Hall–Kier alpha value is -1.87. The summed E-state index contributed by atoms with van der Waals surface area (Å²) < 4.78 is 11.8. The molecule has 2 atom stereocenters. The monoisotopic (exact) mass is 398 g/mol. The average Bonchev–Trinajstić information content (AvgIpc) is 2.77. The van der Waals surface area contributed by atoms with Gasteiger partial charge in [-0.15, -0.1) is 0 Å². The third kappa shape index (κ3) is 7.47. The van der Waals surface area contributed by atoms with Crippen LogP contribution in [0, 0.1) is 5.92 Å². The van der Waals surface area contributed by atoms with Crippen molar-refractivity contribution in [3.8, 4) is 0 Å². The minimum atomic E-state index is -0.991. The van der Waals surface area contributed by atoms with Gasteiger partial charge in [0.1, 0.15) is 0 Å². The van der Waals surface area contributed by atoms with Crippen LogP contribution in [-0.2, 0) is 14.3 Å². The molecule has 0 heterocycles. The first-order chi connectivity index (χ1) is 14.1. The van der Waals surface area contributed by atoms with E-state index in [0.717, 1.165) is 30.4 Å². The van der Waals surface area contributed by atoms with E-state index in [2.05, 4.69) is 39.0 Å². The van der Waals surface area contributed by atoms with Gasteiger partial charge in [-0.05, 0) is 29.6 Å². The van der Waals surface area contributed by atoms with Crippen molar-refractivity contribution in [3.63, 3.8) is 0 Å². The number of ether oxygens (including phenoxy) is 2. The van der Waals surface area contributed by atoms with Crippen LogP contribution in [0.15, 0.2) is 48.6 Å². The number of carbonyl (C=O) groups is 1. The van der Waals surface area contributed by atoms with Gasteiger partial charge in [-0.25, -0.2) is 4.79 Å². The topological polar surface area (TPSA) is 35.5 Å². The van der Waals surface area contributed by atoms with Crippen molar-refractivity contribution >= 4 is 11.5 Å². The Bertz CT molecular complexity index is 662. The number of allylic oxidation sites excluding steroid dienone is 2. The van der Waals surface area contributed by atoms with Crippen LogP contribution in [0.5, 0.6) is 0 Å². The molecular weight excluding hydrogens is 360 g/mol. The molecule has 1 aliphatic carbocycles. The lowest BCUT2D eigenvalue weighted by Crippen LogP contribution is -2.42. The molecule has 29 heavy (non-hydrogen) atoms. The quantitative estimate of drug-likeness (QED) is 0.273. The molecule has 1 aromatic rings.